The summed E-state index contributed by atoms with van der Waals surface area (Å²) in [6.07, 6.45) is 6.09. The second-order valence-electron chi connectivity index (χ2n) is 17.5. The summed E-state index contributed by atoms with van der Waals surface area (Å²) >= 11 is 0. The quantitative estimate of drug-likeness (QED) is 0.282. The Labute approximate surface area is 302 Å². The molecule has 0 aromatic rings. The number of Topliss-reactive ketones (excluding diaryl/α,β-unsaturated/α-hetero) is 1. The number of piperidine rings is 1. The molecule has 1 saturated carbocycles. The molecule has 10 atom stereocenters. The highest BCUT2D eigenvalue weighted by Crippen LogP contribution is 2.39. The third-order valence-corrected chi connectivity index (χ3v) is 12.7. The van der Waals surface area contributed by atoms with E-state index in [9.17, 15) is 19.8 Å². The van der Waals surface area contributed by atoms with Crippen LogP contribution in [0.1, 0.15) is 99.3 Å². The lowest BCUT2D eigenvalue weighted by molar-refractivity contribution is -0.295. The van der Waals surface area contributed by atoms with Gasteiger partial charge >= 0.3 is 5.97 Å². The summed E-state index contributed by atoms with van der Waals surface area (Å²) in [5, 5.41) is 23.3. The third-order valence-electron chi connectivity index (χ3n) is 12.7. The number of hydrogen-bond acceptors (Lipinski definition) is 11. The molecule has 2 N–H and O–H groups in total. The van der Waals surface area contributed by atoms with Gasteiger partial charge in [0.1, 0.15) is 18.1 Å². The van der Waals surface area contributed by atoms with Crippen molar-refractivity contribution >= 4 is 11.8 Å². The first-order chi connectivity index (χ1) is 23.5. The lowest BCUT2D eigenvalue weighted by Gasteiger charge is -2.47. The topological polar surface area (TPSA) is 121 Å². The van der Waals surface area contributed by atoms with E-state index in [0.717, 1.165) is 38.4 Å². The van der Waals surface area contributed by atoms with Crippen molar-refractivity contribution in [3.05, 3.63) is 0 Å². The fraction of sp³-hybridized carbons (Fsp3) is 0.949. The molecule has 4 aliphatic rings. The van der Waals surface area contributed by atoms with Crippen molar-refractivity contribution in [1.29, 1.82) is 0 Å². The van der Waals surface area contributed by atoms with Crippen LogP contribution in [0.4, 0.5) is 0 Å². The number of nitrogens with zero attached hydrogens (tertiary/aromatic N) is 3. The van der Waals surface area contributed by atoms with E-state index in [0.29, 0.717) is 19.4 Å². The number of aliphatic hydroxyl groups is 2. The van der Waals surface area contributed by atoms with Gasteiger partial charge in [-0.15, -0.1) is 0 Å². The number of ether oxygens (including phenoxy) is 4. The number of carbonyl (C=O) groups is 2. The van der Waals surface area contributed by atoms with Crippen molar-refractivity contribution < 1.29 is 38.7 Å². The zero-order chi connectivity index (χ0) is 37.0. The number of aliphatic hydroxyl groups excluding tert-OH is 2. The lowest BCUT2D eigenvalue weighted by atomic mass is 9.74. The number of esters is 1. The highest BCUT2D eigenvalue weighted by atomic mass is 16.7. The highest BCUT2D eigenvalue weighted by molar-refractivity contribution is 6.04. The molecule has 11 nitrogen and oxygen atoms in total. The average Bonchev–Trinajstić information content (AvgIpc) is 3.07. The largest absolute Gasteiger partial charge is 0.463 e. The fourth-order valence-electron chi connectivity index (χ4n) is 9.45. The maximum absolute atomic E-state index is 14.3. The Bertz CT molecular complexity index is 1090. The lowest BCUT2D eigenvalue weighted by Crippen LogP contribution is -2.59. The number of hydrogen-bond donors (Lipinski definition) is 2. The van der Waals surface area contributed by atoms with E-state index in [1.165, 1.54) is 32.1 Å². The van der Waals surface area contributed by atoms with Gasteiger partial charge in [0.25, 0.3) is 0 Å². The number of methoxy groups -OCH3 is 1. The van der Waals surface area contributed by atoms with Crippen LogP contribution in [-0.4, -0.2) is 146 Å². The summed E-state index contributed by atoms with van der Waals surface area (Å²) in [4.78, 5) is 34.8. The van der Waals surface area contributed by atoms with Crippen molar-refractivity contribution in [2.24, 2.45) is 29.1 Å². The van der Waals surface area contributed by atoms with E-state index >= 15 is 0 Å². The summed E-state index contributed by atoms with van der Waals surface area (Å²) < 4.78 is 25.0. The third kappa shape index (κ3) is 9.87. The van der Waals surface area contributed by atoms with Gasteiger partial charge in [-0.25, -0.2) is 0 Å². The van der Waals surface area contributed by atoms with Crippen LogP contribution < -0.4 is 0 Å². The minimum absolute atomic E-state index is 0.00396. The van der Waals surface area contributed by atoms with Crippen molar-refractivity contribution in [2.75, 3.05) is 61.0 Å². The Balaban J connectivity index is 1.55. The number of carbonyl (C=O) groups excluding carboxylic acids is 2. The van der Waals surface area contributed by atoms with Crippen LogP contribution >= 0.6 is 0 Å². The normalized spacial score (nSPS) is 39.0. The van der Waals surface area contributed by atoms with E-state index in [-0.39, 0.29) is 36.4 Å². The minimum Gasteiger partial charge on any atom is -0.463 e. The van der Waals surface area contributed by atoms with Crippen LogP contribution in [0.25, 0.3) is 0 Å². The SMILES string of the molecule is CO[C@]1(C)C[C@@H](C)CN(C)[C@@H]([C@H](O)C2CCN(CC3CCCCC3)CC2)COC(=O)C(C)(C)C(=O)[C@H](C)[C@H]1OC1OC(C)CC(N(C)C)C1O. The zero-order valence-corrected chi connectivity index (χ0v) is 32.9. The molecule has 4 unspecified atom stereocenters. The maximum Gasteiger partial charge on any atom is 0.319 e. The molecule has 3 aliphatic heterocycles. The summed E-state index contributed by atoms with van der Waals surface area (Å²) in [5.74, 6) is -0.798. The molecule has 0 aromatic heterocycles. The minimum atomic E-state index is -1.49. The van der Waals surface area contributed by atoms with Crippen LogP contribution in [0.15, 0.2) is 0 Å². The Hall–Kier alpha value is -1.18. The van der Waals surface area contributed by atoms with Gasteiger partial charge in [0.2, 0.25) is 0 Å². The molecular weight excluding hydrogens is 638 g/mol. The van der Waals surface area contributed by atoms with Crippen LogP contribution in [0.3, 0.4) is 0 Å². The summed E-state index contributed by atoms with van der Waals surface area (Å²) in [6, 6.07) is -0.610. The molecule has 4 fully saturated rings. The summed E-state index contributed by atoms with van der Waals surface area (Å²) in [5.41, 5.74) is -2.46. The molecule has 1 aliphatic carbocycles. The van der Waals surface area contributed by atoms with Gasteiger partial charge in [-0.2, -0.15) is 0 Å². The molecule has 290 valence electrons. The number of cyclic esters (lactones) is 1. The maximum atomic E-state index is 14.3. The molecule has 0 radical (unpaired) electrons. The van der Waals surface area contributed by atoms with E-state index in [1.54, 1.807) is 27.9 Å². The van der Waals surface area contributed by atoms with E-state index < -0.39 is 53.5 Å². The average molecular weight is 710 g/mol. The molecule has 4 rings (SSSR count). The molecule has 11 heteroatoms. The highest BCUT2D eigenvalue weighted by Gasteiger charge is 2.52. The monoisotopic (exact) mass is 710 g/mol. The Morgan fingerprint density at radius 3 is 2.26 bits per heavy atom. The van der Waals surface area contributed by atoms with E-state index in [4.69, 9.17) is 18.9 Å². The number of ketones is 1. The number of likely N-dealkylation sites (tertiary alicyclic amines) is 1. The van der Waals surface area contributed by atoms with Crippen LogP contribution in [-0.2, 0) is 28.5 Å². The predicted molar refractivity (Wildman–Crippen MR) is 194 cm³/mol. The number of rotatable bonds is 8. The van der Waals surface area contributed by atoms with Crippen molar-refractivity contribution in [3.8, 4) is 0 Å². The van der Waals surface area contributed by atoms with Gasteiger partial charge in [-0.05, 0) is 118 Å². The zero-order valence-electron chi connectivity index (χ0n) is 32.9. The molecule has 3 saturated heterocycles. The molecule has 50 heavy (non-hydrogen) atoms. The Morgan fingerprint density at radius 1 is 1.02 bits per heavy atom. The van der Waals surface area contributed by atoms with Gasteiger partial charge in [-0.1, -0.05) is 33.1 Å². The second-order valence-corrected chi connectivity index (χ2v) is 17.5. The smallest absolute Gasteiger partial charge is 0.319 e. The van der Waals surface area contributed by atoms with Gasteiger partial charge in [-0.3, -0.25) is 14.5 Å². The van der Waals surface area contributed by atoms with Gasteiger partial charge in [0, 0.05) is 32.2 Å². The summed E-state index contributed by atoms with van der Waals surface area (Å²) in [7, 11) is 7.45. The molecule has 0 aromatic carbocycles. The van der Waals surface area contributed by atoms with Crippen molar-refractivity contribution in [2.45, 2.75) is 148 Å². The Kier molecular flexibility index (Phi) is 14.8. The number of likely N-dealkylation sites (N-methyl/N-ethyl adjacent to an activating group) is 2. The predicted octanol–water partition coefficient (Wildman–Crippen LogP) is 3.97. The molecule has 0 bridgehead atoms. The molecule has 3 heterocycles. The van der Waals surface area contributed by atoms with Crippen molar-refractivity contribution in [1.82, 2.24) is 14.7 Å². The first-order valence-electron chi connectivity index (χ1n) is 19.5. The van der Waals surface area contributed by atoms with Crippen molar-refractivity contribution in [3.63, 3.8) is 0 Å². The second kappa shape index (κ2) is 17.8. The molecule has 0 spiro atoms. The molecular formula is C39H71N3O8. The first-order valence-corrected chi connectivity index (χ1v) is 19.5. The van der Waals surface area contributed by atoms with Crippen LogP contribution in [0, 0.1) is 29.1 Å². The molecule has 0 amide bonds. The van der Waals surface area contributed by atoms with Crippen LogP contribution in [0.2, 0.25) is 0 Å². The van der Waals surface area contributed by atoms with E-state index in [1.807, 2.05) is 39.9 Å². The Morgan fingerprint density at radius 2 is 1.66 bits per heavy atom. The summed E-state index contributed by atoms with van der Waals surface area (Å²) in [6.45, 7) is 14.7. The fourth-order valence-corrected chi connectivity index (χ4v) is 9.45. The van der Waals surface area contributed by atoms with Gasteiger partial charge in [0.05, 0.1) is 30.0 Å². The van der Waals surface area contributed by atoms with E-state index in [2.05, 4.69) is 16.7 Å². The van der Waals surface area contributed by atoms with Gasteiger partial charge < -0.3 is 39.0 Å². The van der Waals surface area contributed by atoms with Gasteiger partial charge in [0.15, 0.2) is 12.1 Å². The standard InChI is InChI=1S/C39H71N3O8/c1-25-21-39(6,47-10)35(50-36-33(44)30(40(7)8)20-26(2)49-36)27(3)34(45)38(4,5)37(46)48-24-31(41(9)22-25)32(43)29-16-18-42(19-17-29)23-28-14-12-11-13-15-28/h25-33,35-36,43-44H,11-24H2,1-10H3/t25-,26?,27+,30?,31-,32-,33?,35-,36?,39-/m1/s1. The first kappa shape index (κ1) is 41.6. The van der Waals surface area contributed by atoms with Crippen LogP contribution in [0.5, 0.6) is 0 Å².